The highest BCUT2D eigenvalue weighted by Crippen LogP contribution is 2.28. The van der Waals surface area contributed by atoms with Crippen molar-refractivity contribution in [2.24, 2.45) is 0 Å². The first kappa shape index (κ1) is 18.6. The van der Waals surface area contributed by atoms with Crippen molar-refractivity contribution in [3.05, 3.63) is 32.3 Å². The molecule has 0 aliphatic heterocycles. The van der Waals surface area contributed by atoms with Crippen LogP contribution in [0, 0.1) is 13.8 Å². The number of nitrogens with one attached hydrogen (secondary N) is 2. The predicted molar refractivity (Wildman–Crippen MR) is 90.8 cm³/mol. The number of amides is 2. The first-order valence-corrected chi connectivity index (χ1v) is 7.71. The highest BCUT2D eigenvalue weighted by atomic mass is 35.5. The van der Waals surface area contributed by atoms with E-state index in [2.05, 4.69) is 30.6 Å². The van der Waals surface area contributed by atoms with Crippen LogP contribution in [0.15, 0.2) is 0 Å². The summed E-state index contributed by atoms with van der Waals surface area (Å²) in [5.74, 6) is -1.55. The summed E-state index contributed by atoms with van der Waals surface area (Å²) in [4.78, 5) is 39.3. The molecule has 0 spiro atoms. The second-order valence-corrected chi connectivity index (χ2v) is 5.80. The average Bonchev–Trinajstić information content (AvgIpc) is 2.46. The molecule has 0 aromatic carbocycles. The van der Waals surface area contributed by atoms with E-state index in [1.54, 1.807) is 13.8 Å². The van der Waals surface area contributed by atoms with Crippen LogP contribution < -0.4 is 10.6 Å². The monoisotopic (exact) mass is 408 g/mol. The molecule has 126 valence electrons. The molecule has 2 aromatic rings. The van der Waals surface area contributed by atoms with Gasteiger partial charge in [0.25, 0.3) is 0 Å². The van der Waals surface area contributed by atoms with Crippen molar-refractivity contribution in [3.8, 4) is 0 Å². The molecule has 0 radical (unpaired) electrons. The standard InChI is InChI=1S/C12H8Cl4N6O2/c1-3-17-7(13)5(8(14)18-3)21-11(23)12(24)22-6-9(15)19-4(2)20-10(6)16/h1-2H3,(H,21,23)(H,22,24). The second kappa shape index (κ2) is 7.43. The number of halogens is 4. The smallest absolute Gasteiger partial charge is 0.313 e. The number of hydrogen-bond donors (Lipinski definition) is 2. The SMILES string of the molecule is Cc1nc(Cl)c(NC(=O)C(=O)Nc2c(Cl)nc(C)nc2Cl)c(Cl)n1. The van der Waals surface area contributed by atoms with Gasteiger partial charge >= 0.3 is 11.8 Å². The first-order valence-electron chi connectivity index (χ1n) is 6.20. The summed E-state index contributed by atoms with van der Waals surface area (Å²) in [5.41, 5.74) is -0.192. The van der Waals surface area contributed by atoms with Gasteiger partial charge in [0.05, 0.1) is 0 Å². The lowest BCUT2D eigenvalue weighted by Crippen LogP contribution is -2.30. The van der Waals surface area contributed by atoms with Gasteiger partial charge in [0.15, 0.2) is 20.6 Å². The van der Waals surface area contributed by atoms with Gasteiger partial charge in [-0.25, -0.2) is 19.9 Å². The fraction of sp³-hybridized carbons (Fsp3) is 0.167. The zero-order chi connectivity index (χ0) is 18.0. The molecule has 0 saturated heterocycles. The Bertz CT molecular complexity index is 729. The van der Waals surface area contributed by atoms with E-state index in [0.29, 0.717) is 11.6 Å². The number of aromatic nitrogens is 4. The van der Waals surface area contributed by atoms with E-state index >= 15 is 0 Å². The van der Waals surface area contributed by atoms with E-state index in [1.165, 1.54) is 0 Å². The Hall–Kier alpha value is -1.74. The van der Waals surface area contributed by atoms with Gasteiger partial charge in [0.2, 0.25) is 0 Å². The lowest BCUT2D eigenvalue weighted by atomic mass is 10.4. The molecule has 0 unspecified atom stereocenters. The van der Waals surface area contributed by atoms with Gasteiger partial charge in [-0.1, -0.05) is 46.4 Å². The molecule has 0 saturated carbocycles. The van der Waals surface area contributed by atoms with E-state index < -0.39 is 11.8 Å². The normalized spacial score (nSPS) is 10.4. The Balaban J connectivity index is 2.19. The Labute approximate surface area is 155 Å². The Morgan fingerprint density at radius 3 is 1.17 bits per heavy atom. The maximum absolute atomic E-state index is 12.0. The Morgan fingerprint density at radius 2 is 0.917 bits per heavy atom. The Kier molecular flexibility index (Phi) is 5.76. The average molecular weight is 410 g/mol. The van der Waals surface area contributed by atoms with E-state index in [0.717, 1.165) is 0 Å². The predicted octanol–water partition coefficient (Wildman–Crippen LogP) is 3.07. The third kappa shape index (κ3) is 4.21. The Morgan fingerprint density at radius 1 is 0.667 bits per heavy atom. The largest absolute Gasteiger partial charge is 0.314 e. The molecule has 12 heteroatoms. The molecule has 2 heterocycles. The van der Waals surface area contributed by atoms with Crippen molar-refractivity contribution in [3.63, 3.8) is 0 Å². The molecule has 2 aromatic heterocycles. The van der Waals surface area contributed by atoms with Crippen molar-refractivity contribution in [1.29, 1.82) is 0 Å². The fourth-order valence-corrected chi connectivity index (χ4v) is 2.69. The summed E-state index contributed by atoms with van der Waals surface area (Å²) in [6.07, 6.45) is 0. The van der Waals surface area contributed by atoms with Crippen LogP contribution in [0.2, 0.25) is 20.6 Å². The number of hydrogen-bond acceptors (Lipinski definition) is 6. The molecule has 2 N–H and O–H groups in total. The molecule has 24 heavy (non-hydrogen) atoms. The van der Waals surface area contributed by atoms with Gasteiger partial charge in [-0.05, 0) is 13.8 Å². The molecule has 0 aliphatic carbocycles. The summed E-state index contributed by atoms with van der Waals surface area (Å²) >= 11 is 23.5. The molecular formula is C12H8Cl4N6O2. The van der Waals surface area contributed by atoms with Crippen LogP contribution in [0.4, 0.5) is 11.4 Å². The van der Waals surface area contributed by atoms with Gasteiger partial charge in [-0.3, -0.25) is 9.59 Å². The van der Waals surface area contributed by atoms with Crippen molar-refractivity contribution in [2.75, 3.05) is 10.6 Å². The minimum atomic E-state index is -1.08. The molecular weight excluding hydrogens is 402 g/mol. The quantitative estimate of drug-likeness (QED) is 0.582. The number of rotatable bonds is 2. The summed E-state index contributed by atoms with van der Waals surface area (Å²) in [7, 11) is 0. The van der Waals surface area contributed by atoms with Crippen molar-refractivity contribution in [1.82, 2.24) is 19.9 Å². The lowest BCUT2D eigenvalue weighted by molar-refractivity contribution is -0.133. The molecule has 2 rings (SSSR count). The van der Waals surface area contributed by atoms with Gasteiger partial charge < -0.3 is 10.6 Å². The van der Waals surface area contributed by atoms with Crippen molar-refractivity contribution >= 4 is 69.6 Å². The van der Waals surface area contributed by atoms with Gasteiger partial charge in [-0.15, -0.1) is 0 Å². The van der Waals surface area contributed by atoms with E-state index in [-0.39, 0.29) is 32.0 Å². The van der Waals surface area contributed by atoms with E-state index in [4.69, 9.17) is 46.4 Å². The molecule has 0 aliphatic rings. The maximum Gasteiger partial charge on any atom is 0.314 e. The topological polar surface area (TPSA) is 110 Å². The van der Waals surface area contributed by atoms with Crippen LogP contribution in [0.3, 0.4) is 0 Å². The van der Waals surface area contributed by atoms with Crippen LogP contribution in [0.25, 0.3) is 0 Å². The molecule has 8 nitrogen and oxygen atoms in total. The van der Waals surface area contributed by atoms with Crippen LogP contribution in [-0.4, -0.2) is 31.8 Å². The number of carbonyl (C=O) groups is 2. The minimum Gasteiger partial charge on any atom is -0.313 e. The summed E-state index contributed by atoms with van der Waals surface area (Å²) < 4.78 is 0. The summed E-state index contributed by atoms with van der Waals surface area (Å²) in [5, 5.41) is 3.99. The highest BCUT2D eigenvalue weighted by Gasteiger charge is 2.21. The molecule has 0 atom stereocenters. The zero-order valence-corrected chi connectivity index (χ0v) is 15.1. The maximum atomic E-state index is 12.0. The van der Waals surface area contributed by atoms with Gasteiger partial charge in [0, 0.05) is 0 Å². The van der Waals surface area contributed by atoms with E-state index in [1.807, 2.05) is 0 Å². The van der Waals surface area contributed by atoms with Gasteiger partial charge in [0.1, 0.15) is 23.0 Å². The number of aryl methyl sites for hydroxylation is 2. The number of nitrogens with zero attached hydrogens (tertiary/aromatic N) is 4. The van der Waals surface area contributed by atoms with Crippen LogP contribution >= 0.6 is 46.4 Å². The zero-order valence-electron chi connectivity index (χ0n) is 12.1. The first-order chi connectivity index (χ1) is 11.2. The minimum absolute atomic E-state index is 0.0959. The number of carbonyl (C=O) groups excluding carboxylic acids is 2. The van der Waals surface area contributed by atoms with Crippen LogP contribution in [0.5, 0.6) is 0 Å². The molecule has 0 fully saturated rings. The summed E-state index contributed by atoms with van der Waals surface area (Å²) in [6, 6.07) is 0. The molecule has 0 bridgehead atoms. The molecule has 2 amide bonds. The third-order valence-corrected chi connectivity index (χ3v) is 3.64. The highest BCUT2D eigenvalue weighted by molar-refractivity contribution is 6.48. The van der Waals surface area contributed by atoms with Gasteiger partial charge in [-0.2, -0.15) is 0 Å². The second-order valence-electron chi connectivity index (χ2n) is 4.36. The summed E-state index contributed by atoms with van der Waals surface area (Å²) in [6.45, 7) is 3.13. The van der Waals surface area contributed by atoms with E-state index in [9.17, 15) is 9.59 Å². The van der Waals surface area contributed by atoms with Crippen LogP contribution in [-0.2, 0) is 9.59 Å². The lowest BCUT2D eigenvalue weighted by Gasteiger charge is -2.10. The van der Waals surface area contributed by atoms with Crippen molar-refractivity contribution in [2.45, 2.75) is 13.8 Å². The fourth-order valence-electron chi connectivity index (χ4n) is 1.56. The van der Waals surface area contributed by atoms with Crippen molar-refractivity contribution < 1.29 is 9.59 Å². The third-order valence-electron chi connectivity index (χ3n) is 2.55. The number of anilines is 2. The van der Waals surface area contributed by atoms with Crippen LogP contribution in [0.1, 0.15) is 11.6 Å².